The van der Waals surface area contributed by atoms with Crippen LogP contribution in [-0.4, -0.2) is 38.1 Å². The minimum absolute atomic E-state index is 0.0248. The first kappa shape index (κ1) is 21.8. The third-order valence-electron chi connectivity index (χ3n) is 5.15. The van der Waals surface area contributed by atoms with Gasteiger partial charge in [-0.3, -0.25) is 9.59 Å². The Morgan fingerprint density at radius 2 is 1.24 bits per heavy atom. The molecule has 0 saturated carbocycles. The van der Waals surface area contributed by atoms with E-state index >= 15 is 0 Å². The summed E-state index contributed by atoms with van der Waals surface area (Å²) in [4.78, 5) is 26.9. The molecular weight excluding hydrogens is 422 g/mol. The molecule has 0 aliphatic carbocycles. The normalized spacial score (nSPS) is 10.5. The van der Waals surface area contributed by atoms with Crippen molar-refractivity contribution in [1.82, 2.24) is 5.16 Å². The van der Waals surface area contributed by atoms with E-state index in [-0.39, 0.29) is 17.0 Å². The molecule has 0 aliphatic heterocycles. The Labute approximate surface area is 190 Å². The van der Waals surface area contributed by atoms with E-state index in [1.807, 2.05) is 0 Å². The first-order chi connectivity index (χ1) is 16.1. The summed E-state index contributed by atoms with van der Waals surface area (Å²) >= 11 is 0. The van der Waals surface area contributed by atoms with Crippen molar-refractivity contribution in [1.29, 1.82) is 0 Å². The molecule has 0 spiro atoms. The third-order valence-corrected chi connectivity index (χ3v) is 5.15. The van der Waals surface area contributed by atoms with Gasteiger partial charge in [0.15, 0.2) is 5.78 Å². The average molecular weight is 443 g/mol. The van der Waals surface area contributed by atoms with Crippen LogP contribution in [0.25, 0.3) is 11.3 Å². The van der Waals surface area contributed by atoms with E-state index in [9.17, 15) is 9.59 Å². The molecule has 4 aromatic rings. The van der Waals surface area contributed by atoms with Gasteiger partial charge in [-0.25, -0.2) is 0 Å². The quantitative estimate of drug-likeness (QED) is 0.361. The molecule has 7 heteroatoms. The largest absolute Gasteiger partial charge is 0.496 e. The van der Waals surface area contributed by atoms with Crippen molar-refractivity contribution in [3.63, 3.8) is 0 Å². The van der Waals surface area contributed by atoms with Crippen molar-refractivity contribution in [2.24, 2.45) is 0 Å². The number of benzene rings is 3. The number of hydrogen-bond acceptors (Lipinski definition) is 7. The van der Waals surface area contributed by atoms with Crippen LogP contribution < -0.4 is 14.2 Å². The zero-order chi connectivity index (χ0) is 23.4. The second-order valence-electron chi connectivity index (χ2n) is 7.03. The van der Waals surface area contributed by atoms with E-state index in [0.717, 1.165) is 0 Å². The van der Waals surface area contributed by atoms with Gasteiger partial charge in [-0.15, -0.1) is 0 Å². The van der Waals surface area contributed by atoms with Gasteiger partial charge in [0.05, 0.1) is 26.9 Å². The number of ether oxygens (including phenoxy) is 3. The molecular formula is C26H21NO6. The van der Waals surface area contributed by atoms with Crippen LogP contribution in [-0.2, 0) is 0 Å². The van der Waals surface area contributed by atoms with Crippen molar-refractivity contribution < 1.29 is 28.3 Å². The first-order valence-corrected chi connectivity index (χ1v) is 10.1. The Kier molecular flexibility index (Phi) is 6.22. The summed E-state index contributed by atoms with van der Waals surface area (Å²) in [6, 6.07) is 20.5. The first-order valence-electron chi connectivity index (χ1n) is 10.1. The highest BCUT2D eigenvalue weighted by Gasteiger charge is 2.32. The molecule has 0 atom stereocenters. The monoisotopic (exact) mass is 443 g/mol. The third kappa shape index (κ3) is 4.08. The highest BCUT2D eigenvalue weighted by Crippen LogP contribution is 2.43. The summed E-state index contributed by atoms with van der Waals surface area (Å²) in [6.45, 7) is 0. The van der Waals surface area contributed by atoms with Gasteiger partial charge in [0.1, 0.15) is 28.5 Å². The maximum atomic E-state index is 13.6. The highest BCUT2D eigenvalue weighted by molar-refractivity contribution is 6.21. The van der Waals surface area contributed by atoms with E-state index in [2.05, 4.69) is 5.16 Å². The lowest BCUT2D eigenvalue weighted by molar-refractivity contribution is 0.0978. The molecule has 4 rings (SSSR count). The number of methoxy groups -OCH3 is 3. The highest BCUT2D eigenvalue weighted by atomic mass is 16.5. The van der Waals surface area contributed by atoms with Gasteiger partial charge in [-0.05, 0) is 0 Å². The fraction of sp³-hybridized carbons (Fsp3) is 0.115. The predicted molar refractivity (Wildman–Crippen MR) is 121 cm³/mol. The van der Waals surface area contributed by atoms with Gasteiger partial charge < -0.3 is 18.7 Å². The number of carbonyl (C=O) groups excluding carboxylic acids is 2. The Balaban J connectivity index is 1.98. The molecule has 0 fully saturated rings. The molecule has 1 aromatic heterocycles. The number of carbonyl (C=O) groups is 2. The Morgan fingerprint density at radius 3 is 1.73 bits per heavy atom. The Hall–Kier alpha value is -4.39. The maximum absolute atomic E-state index is 13.6. The van der Waals surface area contributed by atoms with Crippen LogP contribution in [0.4, 0.5) is 0 Å². The van der Waals surface area contributed by atoms with Gasteiger partial charge in [0, 0.05) is 23.3 Å². The maximum Gasteiger partial charge on any atom is 0.231 e. The van der Waals surface area contributed by atoms with E-state index in [0.29, 0.717) is 33.9 Å². The summed E-state index contributed by atoms with van der Waals surface area (Å²) in [5, 5.41) is 4.13. The fourth-order valence-electron chi connectivity index (χ4n) is 3.52. The molecule has 1 heterocycles. The SMILES string of the molecule is COc1cc(OC)c(-c2noc(C(=O)c3ccccc3)c2C(=O)c2ccccc2)c(OC)c1. The summed E-state index contributed by atoms with van der Waals surface area (Å²) in [5.74, 6) is 0.157. The number of nitrogens with zero attached hydrogens (tertiary/aromatic N) is 1. The molecule has 0 radical (unpaired) electrons. The van der Waals surface area contributed by atoms with E-state index in [1.165, 1.54) is 21.3 Å². The van der Waals surface area contributed by atoms with Crippen LogP contribution in [0.3, 0.4) is 0 Å². The van der Waals surface area contributed by atoms with Crippen molar-refractivity contribution in [2.75, 3.05) is 21.3 Å². The van der Waals surface area contributed by atoms with Gasteiger partial charge in [-0.1, -0.05) is 65.8 Å². The lowest BCUT2D eigenvalue weighted by Crippen LogP contribution is -2.10. The standard InChI is InChI=1S/C26H21NO6/c1-30-18-14-19(31-2)21(20(15-18)32-3)23-22(24(28)16-10-6-4-7-11-16)26(33-27-23)25(29)17-12-8-5-9-13-17/h4-15H,1-3H3. The van der Waals surface area contributed by atoms with Crippen LogP contribution in [0.5, 0.6) is 17.2 Å². The average Bonchev–Trinajstić information content (AvgIpc) is 3.32. The molecule has 166 valence electrons. The molecule has 0 amide bonds. The molecule has 0 N–H and O–H groups in total. The summed E-state index contributed by atoms with van der Waals surface area (Å²) in [5.41, 5.74) is 1.29. The van der Waals surface area contributed by atoms with Crippen LogP contribution in [0, 0.1) is 0 Å². The molecule has 7 nitrogen and oxygen atoms in total. The molecule has 0 bridgehead atoms. The van der Waals surface area contributed by atoms with Gasteiger partial charge in [0.2, 0.25) is 11.5 Å². The van der Waals surface area contributed by atoms with E-state index < -0.39 is 11.6 Å². The minimum Gasteiger partial charge on any atom is -0.496 e. The van der Waals surface area contributed by atoms with Crippen molar-refractivity contribution >= 4 is 11.6 Å². The van der Waals surface area contributed by atoms with E-state index in [4.69, 9.17) is 18.7 Å². The lowest BCUT2D eigenvalue weighted by atomic mass is 9.94. The van der Waals surface area contributed by atoms with Crippen LogP contribution in [0.2, 0.25) is 0 Å². The van der Waals surface area contributed by atoms with Crippen LogP contribution in [0.1, 0.15) is 32.0 Å². The fourth-order valence-corrected chi connectivity index (χ4v) is 3.52. The van der Waals surface area contributed by atoms with Crippen LogP contribution >= 0.6 is 0 Å². The second kappa shape index (κ2) is 9.40. The van der Waals surface area contributed by atoms with Crippen molar-refractivity contribution in [3.8, 4) is 28.5 Å². The van der Waals surface area contributed by atoms with Gasteiger partial charge in [0.25, 0.3) is 0 Å². The van der Waals surface area contributed by atoms with Crippen molar-refractivity contribution in [3.05, 3.63) is 95.2 Å². The number of rotatable bonds is 8. The molecule has 33 heavy (non-hydrogen) atoms. The van der Waals surface area contributed by atoms with Gasteiger partial charge >= 0.3 is 0 Å². The second-order valence-corrected chi connectivity index (χ2v) is 7.03. The van der Waals surface area contributed by atoms with E-state index in [1.54, 1.807) is 72.8 Å². The molecule has 3 aromatic carbocycles. The number of hydrogen-bond donors (Lipinski definition) is 0. The molecule has 0 unspecified atom stereocenters. The summed E-state index contributed by atoms with van der Waals surface area (Å²) < 4.78 is 21.9. The Bertz CT molecular complexity index is 1270. The molecule has 0 saturated heterocycles. The molecule has 0 aliphatic rings. The van der Waals surface area contributed by atoms with Crippen molar-refractivity contribution in [2.45, 2.75) is 0 Å². The smallest absolute Gasteiger partial charge is 0.231 e. The topological polar surface area (TPSA) is 87.9 Å². The minimum atomic E-state index is -0.458. The predicted octanol–water partition coefficient (Wildman–Crippen LogP) is 4.83. The zero-order valence-corrected chi connectivity index (χ0v) is 18.3. The Morgan fingerprint density at radius 1 is 0.727 bits per heavy atom. The van der Waals surface area contributed by atoms with Crippen LogP contribution in [0.15, 0.2) is 77.3 Å². The lowest BCUT2D eigenvalue weighted by Gasteiger charge is -2.14. The number of ketones is 2. The zero-order valence-electron chi connectivity index (χ0n) is 18.3. The number of aromatic nitrogens is 1. The summed E-state index contributed by atoms with van der Waals surface area (Å²) in [7, 11) is 4.48. The summed E-state index contributed by atoms with van der Waals surface area (Å²) in [6.07, 6.45) is 0. The van der Waals surface area contributed by atoms with Gasteiger partial charge in [-0.2, -0.15) is 0 Å².